The van der Waals surface area contributed by atoms with E-state index in [0.717, 1.165) is 28.9 Å². The molecule has 0 aliphatic heterocycles. The maximum Gasteiger partial charge on any atom is 0.0968 e. The molecule has 0 bridgehead atoms. The van der Waals surface area contributed by atoms with Crippen molar-refractivity contribution in [2.75, 3.05) is 0 Å². The number of nitrogens with zero attached hydrogens (tertiary/aromatic N) is 2. The number of aromatic nitrogens is 2. The molecule has 1 unspecified atom stereocenters. The lowest BCUT2D eigenvalue weighted by atomic mass is 9.98. The van der Waals surface area contributed by atoms with Crippen molar-refractivity contribution in [2.24, 2.45) is 5.92 Å². The van der Waals surface area contributed by atoms with Gasteiger partial charge in [0.1, 0.15) is 0 Å². The van der Waals surface area contributed by atoms with Crippen LogP contribution < -0.4 is 0 Å². The molecule has 0 saturated heterocycles. The largest absolute Gasteiger partial charge is 0.387 e. The van der Waals surface area contributed by atoms with Crippen LogP contribution in [0.2, 0.25) is 0 Å². The SMILES string of the molecule is CC(C)n1ncc(Br)c1C(O)CCC1CCCC1. The van der Waals surface area contributed by atoms with Crippen LogP contribution in [0.15, 0.2) is 10.7 Å². The van der Waals surface area contributed by atoms with Crippen molar-refractivity contribution in [1.82, 2.24) is 9.78 Å². The third-order valence-corrected chi connectivity index (χ3v) is 4.53. The summed E-state index contributed by atoms with van der Waals surface area (Å²) in [7, 11) is 0. The topological polar surface area (TPSA) is 38.0 Å². The van der Waals surface area contributed by atoms with E-state index in [-0.39, 0.29) is 6.04 Å². The van der Waals surface area contributed by atoms with Gasteiger partial charge in [0, 0.05) is 6.04 Å². The predicted molar refractivity (Wildman–Crippen MR) is 76.5 cm³/mol. The molecule has 1 aromatic rings. The van der Waals surface area contributed by atoms with Gasteiger partial charge < -0.3 is 5.11 Å². The van der Waals surface area contributed by atoms with E-state index in [1.165, 1.54) is 25.7 Å². The van der Waals surface area contributed by atoms with E-state index in [1.807, 2.05) is 4.68 Å². The van der Waals surface area contributed by atoms with Gasteiger partial charge in [-0.25, -0.2) is 0 Å². The standard InChI is InChI=1S/C14H23BrN2O/c1-10(2)17-14(12(15)9-16-17)13(18)8-7-11-5-3-4-6-11/h9-11,13,18H,3-8H2,1-2H3. The maximum atomic E-state index is 10.4. The Morgan fingerprint density at radius 1 is 1.44 bits per heavy atom. The van der Waals surface area contributed by atoms with Crippen LogP contribution >= 0.6 is 15.9 Å². The van der Waals surface area contributed by atoms with Crippen molar-refractivity contribution in [3.63, 3.8) is 0 Å². The van der Waals surface area contributed by atoms with Crippen LogP contribution in [0.5, 0.6) is 0 Å². The van der Waals surface area contributed by atoms with Gasteiger partial charge in [0.25, 0.3) is 0 Å². The van der Waals surface area contributed by atoms with Gasteiger partial charge in [-0.15, -0.1) is 0 Å². The third-order valence-electron chi connectivity index (χ3n) is 3.91. The lowest BCUT2D eigenvalue weighted by Gasteiger charge is -2.18. The fourth-order valence-corrected chi connectivity index (χ4v) is 3.44. The lowest BCUT2D eigenvalue weighted by Crippen LogP contribution is -2.12. The first-order valence-corrected chi connectivity index (χ1v) is 7.80. The van der Waals surface area contributed by atoms with Crippen molar-refractivity contribution < 1.29 is 5.11 Å². The summed E-state index contributed by atoms with van der Waals surface area (Å²) in [5.74, 6) is 0.828. The zero-order valence-electron chi connectivity index (χ0n) is 11.3. The summed E-state index contributed by atoms with van der Waals surface area (Å²) >= 11 is 3.50. The van der Waals surface area contributed by atoms with Crippen LogP contribution in [0.1, 0.15) is 70.2 Å². The molecule has 4 heteroatoms. The highest BCUT2D eigenvalue weighted by atomic mass is 79.9. The molecule has 0 aromatic carbocycles. The van der Waals surface area contributed by atoms with Gasteiger partial charge in [-0.3, -0.25) is 4.68 Å². The van der Waals surface area contributed by atoms with Crippen LogP contribution in [-0.4, -0.2) is 14.9 Å². The molecule has 0 radical (unpaired) electrons. The first-order chi connectivity index (χ1) is 8.59. The first kappa shape index (κ1) is 14.1. The Morgan fingerprint density at radius 3 is 2.72 bits per heavy atom. The maximum absolute atomic E-state index is 10.4. The van der Waals surface area contributed by atoms with E-state index in [1.54, 1.807) is 6.20 Å². The molecule has 1 saturated carbocycles. The van der Waals surface area contributed by atoms with Crippen LogP contribution in [0, 0.1) is 5.92 Å². The van der Waals surface area contributed by atoms with E-state index in [4.69, 9.17) is 0 Å². The molecule has 0 spiro atoms. The smallest absolute Gasteiger partial charge is 0.0968 e. The van der Waals surface area contributed by atoms with Crippen molar-refractivity contribution in [3.8, 4) is 0 Å². The van der Waals surface area contributed by atoms with Gasteiger partial charge in [0.2, 0.25) is 0 Å². The van der Waals surface area contributed by atoms with Crippen LogP contribution in [0.4, 0.5) is 0 Å². The second kappa shape index (κ2) is 6.20. The number of aliphatic hydroxyl groups is 1. The predicted octanol–water partition coefficient (Wildman–Crippen LogP) is 4.23. The summed E-state index contributed by atoms with van der Waals surface area (Å²) < 4.78 is 2.85. The summed E-state index contributed by atoms with van der Waals surface area (Å²) in [5, 5.41) is 14.7. The number of hydrogen-bond donors (Lipinski definition) is 1. The minimum absolute atomic E-state index is 0.285. The van der Waals surface area contributed by atoms with E-state index < -0.39 is 6.10 Å². The number of aliphatic hydroxyl groups excluding tert-OH is 1. The molecule has 18 heavy (non-hydrogen) atoms. The summed E-state index contributed by atoms with van der Waals surface area (Å²) in [4.78, 5) is 0. The zero-order chi connectivity index (χ0) is 13.1. The van der Waals surface area contributed by atoms with E-state index in [2.05, 4.69) is 34.9 Å². The van der Waals surface area contributed by atoms with Crippen LogP contribution in [0.3, 0.4) is 0 Å². The molecule has 102 valence electrons. The molecule has 1 fully saturated rings. The lowest BCUT2D eigenvalue weighted by molar-refractivity contribution is 0.144. The highest BCUT2D eigenvalue weighted by molar-refractivity contribution is 9.10. The fourth-order valence-electron chi connectivity index (χ4n) is 2.90. The summed E-state index contributed by atoms with van der Waals surface area (Å²) in [6, 6.07) is 0.285. The Balaban J connectivity index is 1.98. The van der Waals surface area contributed by atoms with Gasteiger partial charge in [-0.2, -0.15) is 5.10 Å². The quantitative estimate of drug-likeness (QED) is 0.883. The third kappa shape index (κ3) is 3.15. The van der Waals surface area contributed by atoms with Crippen LogP contribution in [-0.2, 0) is 0 Å². The molecule has 3 nitrogen and oxygen atoms in total. The molecular weight excluding hydrogens is 292 g/mol. The number of hydrogen-bond acceptors (Lipinski definition) is 2. The normalized spacial score (nSPS) is 18.7. The van der Waals surface area contributed by atoms with Crippen molar-refractivity contribution in [3.05, 3.63) is 16.4 Å². The highest BCUT2D eigenvalue weighted by Crippen LogP contribution is 2.33. The van der Waals surface area contributed by atoms with Gasteiger partial charge >= 0.3 is 0 Å². The number of rotatable bonds is 5. The van der Waals surface area contributed by atoms with Crippen molar-refractivity contribution >= 4 is 15.9 Å². The summed E-state index contributed by atoms with van der Waals surface area (Å²) in [5.41, 5.74) is 0.933. The van der Waals surface area contributed by atoms with E-state index >= 15 is 0 Å². The van der Waals surface area contributed by atoms with Gasteiger partial charge in [-0.1, -0.05) is 25.7 Å². The monoisotopic (exact) mass is 314 g/mol. The molecule has 1 aliphatic carbocycles. The average Bonchev–Trinajstić information content (AvgIpc) is 2.94. The molecule has 1 heterocycles. The van der Waals surface area contributed by atoms with E-state index in [9.17, 15) is 5.11 Å². The second-order valence-corrected chi connectivity index (χ2v) is 6.51. The molecule has 1 atom stereocenters. The summed E-state index contributed by atoms with van der Waals surface area (Å²) in [6.45, 7) is 4.18. The molecule has 1 aromatic heterocycles. The molecule has 2 rings (SSSR count). The first-order valence-electron chi connectivity index (χ1n) is 7.00. The molecule has 1 N–H and O–H groups in total. The Bertz CT molecular complexity index is 383. The number of halogens is 1. The molecule has 0 amide bonds. The highest BCUT2D eigenvalue weighted by Gasteiger charge is 2.22. The second-order valence-electron chi connectivity index (χ2n) is 5.66. The Morgan fingerprint density at radius 2 is 2.11 bits per heavy atom. The van der Waals surface area contributed by atoms with Crippen LogP contribution in [0.25, 0.3) is 0 Å². The Labute approximate surface area is 118 Å². The average molecular weight is 315 g/mol. The molecular formula is C14H23BrN2O. The van der Waals surface area contributed by atoms with Gasteiger partial charge in [-0.05, 0) is 48.5 Å². The molecule has 1 aliphatic rings. The fraction of sp³-hybridized carbons (Fsp3) is 0.786. The zero-order valence-corrected chi connectivity index (χ0v) is 12.9. The summed E-state index contributed by atoms with van der Waals surface area (Å²) in [6.07, 6.45) is 8.80. The minimum Gasteiger partial charge on any atom is -0.387 e. The van der Waals surface area contributed by atoms with E-state index in [0.29, 0.717) is 0 Å². The van der Waals surface area contributed by atoms with Crippen molar-refractivity contribution in [1.29, 1.82) is 0 Å². The van der Waals surface area contributed by atoms with Gasteiger partial charge in [0.05, 0.1) is 22.5 Å². The minimum atomic E-state index is -0.398. The Kier molecular flexibility index (Phi) is 4.84. The van der Waals surface area contributed by atoms with Crippen molar-refractivity contribution in [2.45, 2.75) is 64.5 Å². The van der Waals surface area contributed by atoms with Gasteiger partial charge in [0.15, 0.2) is 0 Å². The Hall–Kier alpha value is -0.350.